The van der Waals surface area contributed by atoms with E-state index in [-0.39, 0.29) is 18.1 Å². The highest BCUT2D eigenvalue weighted by atomic mass is 16.5. The third-order valence-electron chi connectivity index (χ3n) is 5.16. The molecule has 3 rings (SSSR count). The van der Waals surface area contributed by atoms with Gasteiger partial charge in [-0.3, -0.25) is 9.69 Å². The molecule has 0 aliphatic carbocycles. The number of benzene rings is 1. The molecule has 0 radical (unpaired) electrons. The molecule has 0 spiro atoms. The summed E-state index contributed by atoms with van der Waals surface area (Å²) in [5, 5.41) is 3.18. The predicted octanol–water partition coefficient (Wildman–Crippen LogP) is 2.90. The molecular formula is C20H29N3O2. The molecule has 0 fully saturated rings. The third-order valence-corrected chi connectivity index (χ3v) is 5.16. The molecule has 1 N–H and O–H groups in total. The number of ether oxygens (including phenoxy) is 1. The van der Waals surface area contributed by atoms with Gasteiger partial charge in [0.05, 0.1) is 18.8 Å². The Kier molecular flexibility index (Phi) is 5.33. The van der Waals surface area contributed by atoms with E-state index in [1.54, 1.807) is 0 Å². The molecule has 25 heavy (non-hydrogen) atoms. The Morgan fingerprint density at radius 3 is 2.72 bits per heavy atom. The summed E-state index contributed by atoms with van der Waals surface area (Å²) >= 11 is 0. The average Bonchev–Trinajstić information content (AvgIpc) is 2.94. The summed E-state index contributed by atoms with van der Waals surface area (Å²) in [5.41, 5.74) is 3.04. The Bertz CT molecular complexity index is 671. The van der Waals surface area contributed by atoms with Gasteiger partial charge in [-0.25, -0.2) is 0 Å². The summed E-state index contributed by atoms with van der Waals surface area (Å²) in [5.74, 6) is 0.891. The van der Waals surface area contributed by atoms with Gasteiger partial charge in [0.15, 0.2) is 0 Å². The molecular weight excluding hydrogens is 314 g/mol. The van der Waals surface area contributed by atoms with Crippen molar-refractivity contribution in [2.75, 3.05) is 26.7 Å². The van der Waals surface area contributed by atoms with E-state index in [1.165, 1.54) is 0 Å². The number of hydrogen-bond donors (Lipinski definition) is 1. The third kappa shape index (κ3) is 3.25. The van der Waals surface area contributed by atoms with Crippen molar-refractivity contribution < 1.29 is 9.53 Å². The molecule has 1 amide bonds. The Labute approximate surface area is 150 Å². The molecule has 0 saturated carbocycles. The number of nitrogens with zero attached hydrogens (tertiary/aromatic N) is 2. The number of carbonyl (C=O) groups is 1. The van der Waals surface area contributed by atoms with E-state index < -0.39 is 0 Å². The zero-order valence-electron chi connectivity index (χ0n) is 15.7. The topological polar surface area (TPSA) is 44.8 Å². The quantitative estimate of drug-likeness (QED) is 0.863. The molecule has 2 atom stereocenters. The normalized spacial score (nSPS) is 23.7. The maximum atomic E-state index is 12.7. The van der Waals surface area contributed by atoms with Gasteiger partial charge in [-0.15, -0.1) is 0 Å². The first kappa shape index (κ1) is 17.8. The van der Waals surface area contributed by atoms with Crippen LogP contribution in [0, 0.1) is 0 Å². The van der Waals surface area contributed by atoms with Crippen molar-refractivity contribution in [3.63, 3.8) is 0 Å². The highest BCUT2D eigenvalue weighted by Gasteiger charge is 2.41. The minimum atomic E-state index is -0.107. The number of carbonyl (C=O) groups excluding carboxylic acids is 1. The second-order valence-electron chi connectivity index (χ2n) is 6.88. The van der Waals surface area contributed by atoms with Crippen LogP contribution >= 0.6 is 0 Å². The summed E-state index contributed by atoms with van der Waals surface area (Å²) in [4.78, 5) is 17.2. The maximum absolute atomic E-state index is 12.7. The van der Waals surface area contributed by atoms with E-state index in [4.69, 9.17) is 4.74 Å². The molecule has 1 aromatic rings. The van der Waals surface area contributed by atoms with E-state index in [0.717, 1.165) is 48.5 Å². The minimum absolute atomic E-state index is 0.0239. The lowest BCUT2D eigenvalue weighted by Gasteiger charge is -2.41. The summed E-state index contributed by atoms with van der Waals surface area (Å²) in [7, 11) is 2.02. The van der Waals surface area contributed by atoms with Gasteiger partial charge in [0.1, 0.15) is 11.4 Å². The van der Waals surface area contributed by atoms with Crippen molar-refractivity contribution >= 4 is 5.91 Å². The van der Waals surface area contributed by atoms with Crippen molar-refractivity contribution in [3.8, 4) is 5.75 Å². The van der Waals surface area contributed by atoms with Gasteiger partial charge in [0.25, 0.3) is 5.91 Å². The van der Waals surface area contributed by atoms with Crippen LogP contribution in [0.4, 0.5) is 0 Å². The average molecular weight is 343 g/mol. The Hall–Kier alpha value is -2.01. The fourth-order valence-electron chi connectivity index (χ4n) is 3.79. The largest absolute Gasteiger partial charge is 0.493 e. The van der Waals surface area contributed by atoms with E-state index in [2.05, 4.69) is 42.0 Å². The highest BCUT2D eigenvalue weighted by molar-refractivity contribution is 5.97. The van der Waals surface area contributed by atoms with Crippen LogP contribution in [0.5, 0.6) is 5.75 Å². The highest BCUT2D eigenvalue weighted by Crippen LogP contribution is 2.39. The van der Waals surface area contributed by atoms with E-state index in [0.29, 0.717) is 6.61 Å². The molecule has 2 aliphatic heterocycles. The van der Waals surface area contributed by atoms with Crippen molar-refractivity contribution in [1.29, 1.82) is 0 Å². The van der Waals surface area contributed by atoms with Crippen molar-refractivity contribution in [3.05, 3.63) is 41.1 Å². The van der Waals surface area contributed by atoms with Gasteiger partial charge in [-0.1, -0.05) is 32.0 Å². The number of para-hydroxylation sites is 1. The predicted molar refractivity (Wildman–Crippen MR) is 99.2 cm³/mol. The monoisotopic (exact) mass is 343 g/mol. The molecule has 5 heteroatoms. The number of amides is 1. The Balaban J connectivity index is 1.97. The van der Waals surface area contributed by atoms with Crippen LogP contribution in [0.25, 0.3) is 0 Å². The van der Waals surface area contributed by atoms with Gasteiger partial charge in [-0.05, 0) is 31.4 Å². The van der Waals surface area contributed by atoms with Crippen LogP contribution in [0.1, 0.15) is 45.2 Å². The molecule has 5 nitrogen and oxygen atoms in total. The Morgan fingerprint density at radius 1 is 1.24 bits per heavy atom. The van der Waals surface area contributed by atoms with Crippen molar-refractivity contribution in [1.82, 2.24) is 15.1 Å². The van der Waals surface area contributed by atoms with Crippen LogP contribution in [0.3, 0.4) is 0 Å². The smallest absolute Gasteiger partial charge is 0.268 e. The van der Waals surface area contributed by atoms with Gasteiger partial charge in [0.2, 0.25) is 0 Å². The maximum Gasteiger partial charge on any atom is 0.268 e. The van der Waals surface area contributed by atoms with Gasteiger partial charge >= 0.3 is 0 Å². The first-order chi connectivity index (χ1) is 12.1. The Morgan fingerprint density at radius 2 is 2.00 bits per heavy atom. The zero-order chi connectivity index (χ0) is 18.0. The first-order valence-corrected chi connectivity index (χ1v) is 9.31. The number of likely N-dealkylation sites (N-methyl/N-ethyl adjacent to an activating group) is 1. The van der Waals surface area contributed by atoms with Gasteiger partial charge in [-0.2, -0.15) is 0 Å². The molecule has 0 aromatic heterocycles. The molecule has 136 valence electrons. The van der Waals surface area contributed by atoms with E-state index >= 15 is 0 Å². The van der Waals surface area contributed by atoms with E-state index in [1.807, 2.05) is 25.2 Å². The molecule has 0 bridgehead atoms. The van der Waals surface area contributed by atoms with Gasteiger partial charge < -0.3 is 15.0 Å². The number of rotatable bonds is 6. The van der Waals surface area contributed by atoms with E-state index in [9.17, 15) is 4.79 Å². The first-order valence-electron chi connectivity index (χ1n) is 9.31. The molecule has 0 saturated heterocycles. The second-order valence-corrected chi connectivity index (χ2v) is 6.88. The summed E-state index contributed by atoms with van der Waals surface area (Å²) < 4.78 is 5.93. The van der Waals surface area contributed by atoms with Crippen molar-refractivity contribution in [2.24, 2.45) is 0 Å². The SMILES string of the molecule is CCCOc1ccccc1C1NC(=O)C2=C1CN(CCC)C(C)N2C. The number of nitrogens with one attached hydrogen (secondary N) is 1. The summed E-state index contributed by atoms with van der Waals surface area (Å²) in [6.07, 6.45) is 2.29. The van der Waals surface area contributed by atoms with Crippen LogP contribution in [0.2, 0.25) is 0 Å². The van der Waals surface area contributed by atoms with Crippen LogP contribution in [0.15, 0.2) is 35.5 Å². The minimum Gasteiger partial charge on any atom is -0.493 e. The lowest BCUT2D eigenvalue weighted by molar-refractivity contribution is -0.119. The molecule has 2 heterocycles. The fraction of sp³-hybridized carbons (Fsp3) is 0.550. The lowest BCUT2D eigenvalue weighted by Crippen LogP contribution is -2.50. The fourth-order valence-corrected chi connectivity index (χ4v) is 3.79. The van der Waals surface area contributed by atoms with Crippen LogP contribution in [-0.2, 0) is 4.79 Å². The summed E-state index contributed by atoms with van der Waals surface area (Å²) in [6.45, 7) is 8.99. The lowest BCUT2D eigenvalue weighted by atomic mass is 9.96. The molecule has 2 unspecified atom stereocenters. The van der Waals surface area contributed by atoms with Crippen molar-refractivity contribution in [2.45, 2.75) is 45.8 Å². The van der Waals surface area contributed by atoms with Crippen LogP contribution < -0.4 is 10.1 Å². The van der Waals surface area contributed by atoms with Crippen LogP contribution in [-0.4, -0.2) is 48.6 Å². The summed E-state index contributed by atoms with van der Waals surface area (Å²) in [6, 6.07) is 7.95. The molecule has 1 aromatic carbocycles. The number of hydrogen-bond acceptors (Lipinski definition) is 4. The van der Waals surface area contributed by atoms with Gasteiger partial charge in [0, 0.05) is 25.7 Å². The molecule has 2 aliphatic rings. The standard InChI is InChI=1S/C20H29N3O2/c1-5-11-23-13-16-18(21-20(24)19(16)22(4)14(23)3)15-9-7-8-10-17(15)25-12-6-2/h7-10,14,18H,5-6,11-13H2,1-4H3,(H,21,24). The zero-order valence-corrected chi connectivity index (χ0v) is 15.7. The second kappa shape index (κ2) is 7.48.